The average molecular weight is 463 g/mol. The van der Waals surface area contributed by atoms with Gasteiger partial charge >= 0.3 is 5.97 Å². The van der Waals surface area contributed by atoms with Crippen LogP contribution in [-0.4, -0.2) is 36.2 Å². The highest BCUT2D eigenvalue weighted by atomic mass is 16.6. The van der Waals surface area contributed by atoms with Crippen molar-refractivity contribution in [2.75, 3.05) is 7.11 Å². The van der Waals surface area contributed by atoms with Crippen LogP contribution >= 0.6 is 0 Å². The average Bonchev–Trinajstić information content (AvgIpc) is 2.84. The van der Waals surface area contributed by atoms with Crippen LogP contribution in [0.25, 0.3) is 0 Å². The Morgan fingerprint density at radius 2 is 1.68 bits per heavy atom. The number of hydrogen-bond acceptors (Lipinski definition) is 8. The molecular formula is C24H21N3O7. The van der Waals surface area contributed by atoms with Gasteiger partial charge in [-0.05, 0) is 61.0 Å². The number of carbonyl (C=O) groups excluding carboxylic acids is 2. The number of non-ortho nitro benzene ring substituents is 1. The van der Waals surface area contributed by atoms with E-state index in [0.717, 1.165) is 0 Å². The second-order valence-corrected chi connectivity index (χ2v) is 6.94. The number of ether oxygens (including phenoxy) is 3. The summed E-state index contributed by atoms with van der Waals surface area (Å²) in [6.45, 7) is 1.52. The molecule has 1 unspecified atom stereocenters. The van der Waals surface area contributed by atoms with Crippen LogP contribution in [0.15, 0.2) is 77.9 Å². The highest BCUT2D eigenvalue weighted by Crippen LogP contribution is 2.19. The molecule has 3 rings (SSSR count). The van der Waals surface area contributed by atoms with Gasteiger partial charge in [-0.15, -0.1) is 0 Å². The molecule has 0 bridgehead atoms. The van der Waals surface area contributed by atoms with Gasteiger partial charge in [0.25, 0.3) is 11.6 Å². The summed E-state index contributed by atoms with van der Waals surface area (Å²) in [4.78, 5) is 34.7. The standard InChI is InChI=1S/C24H21N3O7/c1-16(33-21-12-8-19(9-13-21)27(30)31)23(28)26-25-15-17-4-3-5-22(14-17)34-24(29)18-6-10-20(32-2)11-7-18/h3-16H,1-2H3,(H,26,28)/b25-15+. The zero-order valence-corrected chi connectivity index (χ0v) is 18.3. The fourth-order valence-corrected chi connectivity index (χ4v) is 2.72. The number of esters is 1. The van der Waals surface area contributed by atoms with Crippen LogP contribution in [0.1, 0.15) is 22.8 Å². The number of rotatable bonds is 9. The van der Waals surface area contributed by atoms with Crippen LogP contribution in [0.3, 0.4) is 0 Å². The molecule has 1 N–H and O–H groups in total. The number of hydrogen-bond donors (Lipinski definition) is 1. The van der Waals surface area contributed by atoms with E-state index in [9.17, 15) is 19.7 Å². The summed E-state index contributed by atoms with van der Waals surface area (Å²) in [5, 5.41) is 14.6. The van der Waals surface area contributed by atoms with Gasteiger partial charge in [-0.25, -0.2) is 10.2 Å². The quantitative estimate of drug-likeness (QED) is 0.168. The predicted molar refractivity (Wildman–Crippen MR) is 123 cm³/mol. The Balaban J connectivity index is 1.53. The van der Waals surface area contributed by atoms with Crippen LogP contribution in [0, 0.1) is 10.1 Å². The molecule has 0 aromatic heterocycles. The maximum absolute atomic E-state index is 12.3. The first kappa shape index (κ1) is 23.9. The minimum Gasteiger partial charge on any atom is -0.497 e. The van der Waals surface area contributed by atoms with E-state index in [0.29, 0.717) is 28.4 Å². The molecule has 0 spiro atoms. The van der Waals surface area contributed by atoms with E-state index in [-0.39, 0.29) is 5.69 Å². The molecule has 10 heteroatoms. The molecule has 3 aromatic rings. The van der Waals surface area contributed by atoms with Gasteiger partial charge in [0.1, 0.15) is 17.2 Å². The van der Waals surface area contributed by atoms with E-state index in [4.69, 9.17) is 14.2 Å². The number of methoxy groups -OCH3 is 1. The van der Waals surface area contributed by atoms with Crippen LogP contribution in [0.4, 0.5) is 5.69 Å². The lowest BCUT2D eigenvalue weighted by molar-refractivity contribution is -0.384. The van der Waals surface area contributed by atoms with Crippen LogP contribution in [0.5, 0.6) is 17.2 Å². The van der Waals surface area contributed by atoms with Crippen molar-refractivity contribution in [2.45, 2.75) is 13.0 Å². The third kappa shape index (κ3) is 6.63. The zero-order chi connectivity index (χ0) is 24.5. The monoisotopic (exact) mass is 463 g/mol. The molecule has 0 radical (unpaired) electrons. The molecule has 3 aromatic carbocycles. The molecule has 174 valence electrons. The van der Waals surface area contributed by atoms with E-state index >= 15 is 0 Å². The first-order valence-corrected chi connectivity index (χ1v) is 10.1. The second-order valence-electron chi connectivity index (χ2n) is 6.94. The SMILES string of the molecule is COc1ccc(C(=O)Oc2cccc(/C=N/NC(=O)C(C)Oc3ccc([N+](=O)[O-])cc3)c2)cc1. The fourth-order valence-electron chi connectivity index (χ4n) is 2.72. The van der Waals surface area contributed by atoms with Crippen molar-refractivity contribution in [1.82, 2.24) is 5.43 Å². The minimum atomic E-state index is -0.893. The number of nitro benzene ring substituents is 1. The molecule has 0 saturated heterocycles. The fraction of sp³-hybridized carbons (Fsp3) is 0.125. The van der Waals surface area contributed by atoms with E-state index in [1.807, 2.05) is 0 Å². The maximum Gasteiger partial charge on any atom is 0.343 e. The lowest BCUT2D eigenvalue weighted by Gasteiger charge is -2.12. The molecule has 0 saturated carbocycles. The number of nitrogens with zero attached hydrogens (tertiary/aromatic N) is 2. The smallest absolute Gasteiger partial charge is 0.343 e. The van der Waals surface area contributed by atoms with Crippen molar-refractivity contribution in [1.29, 1.82) is 0 Å². The van der Waals surface area contributed by atoms with Gasteiger partial charge in [0, 0.05) is 12.1 Å². The maximum atomic E-state index is 12.3. The highest BCUT2D eigenvalue weighted by Gasteiger charge is 2.15. The van der Waals surface area contributed by atoms with Crippen molar-refractivity contribution in [2.24, 2.45) is 5.10 Å². The number of benzene rings is 3. The van der Waals surface area contributed by atoms with Gasteiger partial charge in [0.2, 0.25) is 0 Å². The van der Waals surface area contributed by atoms with Crippen LogP contribution < -0.4 is 19.6 Å². The van der Waals surface area contributed by atoms with Crippen LogP contribution in [-0.2, 0) is 4.79 Å². The van der Waals surface area contributed by atoms with Gasteiger partial charge in [-0.1, -0.05) is 12.1 Å². The van der Waals surface area contributed by atoms with Crippen molar-refractivity contribution in [3.63, 3.8) is 0 Å². The molecule has 0 aliphatic carbocycles. The van der Waals surface area contributed by atoms with E-state index in [2.05, 4.69) is 10.5 Å². The Morgan fingerprint density at radius 3 is 2.32 bits per heavy atom. The van der Waals surface area contributed by atoms with E-state index in [1.165, 1.54) is 44.5 Å². The van der Waals surface area contributed by atoms with Crippen molar-refractivity contribution in [3.05, 3.63) is 94.0 Å². The van der Waals surface area contributed by atoms with Gasteiger partial charge in [0.05, 0.1) is 23.8 Å². The first-order valence-electron chi connectivity index (χ1n) is 10.1. The topological polar surface area (TPSA) is 129 Å². The number of nitro groups is 1. The first-order chi connectivity index (χ1) is 16.4. The summed E-state index contributed by atoms with van der Waals surface area (Å²) in [6, 6.07) is 18.5. The summed E-state index contributed by atoms with van der Waals surface area (Å²) in [5.41, 5.74) is 3.23. The number of nitrogens with one attached hydrogen (secondary N) is 1. The third-order valence-electron chi connectivity index (χ3n) is 4.51. The molecule has 0 fully saturated rings. The Kier molecular flexibility index (Phi) is 7.90. The zero-order valence-electron chi connectivity index (χ0n) is 18.3. The Bertz CT molecular complexity index is 1190. The normalized spacial score (nSPS) is 11.5. The molecule has 1 atom stereocenters. The lowest BCUT2D eigenvalue weighted by Crippen LogP contribution is -2.33. The van der Waals surface area contributed by atoms with Crippen molar-refractivity contribution >= 4 is 23.8 Å². The Hall–Kier alpha value is -4.73. The molecular weight excluding hydrogens is 442 g/mol. The van der Waals surface area contributed by atoms with E-state index in [1.54, 1.807) is 48.5 Å². The van der Waals surface area contributed by atoms with Crippen LogP contribution in [0.2, 0.25) is 0 Å². The number of carbonyl (C=O) groups is 2. The summed E-state index contributed by atoms with van der Waals surface area (Å²) in [6.07, 6.45) is 0.497. The summed E-state index contributed by atoms with van der Waals surface area (Å²) in [5.74, 6) is 0.206. The summed E-state index contributed by atoms with van der Waals surface area (Å²) in [7, 11) is 1.54. The lowest BCUT2D eigenvalue weighted by atomic mass is 10.2. The second kappa shape index (κ2) is 11.2. The largest absolute Gasteiger partial charge is 0.497 e. The Morgan fingerprint density at radius 1 is 1.00 bits per heavy atom. The van der Waals surface area contributed by atoms with Crippen molar-refractivity contribution in [3.8, 4) is 17.2 Å². The van der Waals surface area contributed by atoms with Gasteiger partial charge in [-0.2, -0.15) is 5.10 Å². The molecule has 0 aliphatic rings. The third-order valence-corrected chi connectivity index (χ3v) is 4.51. The molecule has 10 nitrogen and oxygen atoms in total. The minimum absolute atomic E-state index is 0.0778. The predicted octanol–water partition coefficient (Wildman–Crippen LogP) is 3.74. The van der Waals surface area contributed by atoms with Crippen molar-refractivity contribution < 1.29 is 28.7 Å². The number of hydrazone groups is 1. The van der Waals surface area contributed by atoms with E-state index < -0.39 is 22.9 Å². The molecule has 0 aliphatic heterocycles. The van der Waals surface area contributed by atoms with Gasteiger partial charge < -0.3 is 14.2 Å². The van der Waals surface area contributed by atoms with Gasteiger partial charge in [-0.3, -0.25) is 14.9 Å². The number of amides is 1. The summed E-state index contributed by atoms with van der Waals surface area (Å²) < 4.78 is 15.9. The highest BCUT2D eigenvalue weighted by molar-refractivity contribution is 5.91. The molecule has 1 amide bonds. The Labute approximate surface area is 194 Å². The summed E-state index contributed by atoms with van der Waals surface area (Å²) >= 11 is 0. The molecule has 34 heavy (non-hydrogen) atoms. The molecule has 0 heterocycles. The van der Waals surface area contributed by atoms with Gasteiger partial charge in [0.15, 0.2) is 6.10 Å².